The van der Waals surface area contributed by atoms with E-state index >= 15 is 0 Å². The largest absolute Gasteiger partial charge is 0.494 e. The number of anilines is 1. The minimum atomic E-state index is -3.99. The van der Waals surface area contributed by atoms with E-state index in [1.807, 2.05) is 45.0 Å². The zero-order chi connectivity index (χ0) is 23.8. The fraction of sp³-hybridized carbons (Fsp3) is 0.200. The van der Waals surface area contributed by atoms with Crippen molar-refractivity contribution >= 4 is 27.8 Å². The molecular weight excluding hydrogens is 438 g/mol. The molecule has 3 rings (SSSR count). The molecule has 33 heavy (non-hydrogen) atoms. The van der Waals surface area contributed by atoms with E-state index in [-0.39, 0.29) is 4.90 Å². The monoisotopic (exact) mass is 465 g/mol. The SMILES string of the molecule is CCOc1ccc(N(CC(=O)N/N=C\c2cccc(C)c2)S(=O)(=O)c2ccc(C)cc2)cc1. The molecule has 8 heteroatoms. The van der Waals surface area contributed by atoms with Crippen LogP contribution in [0.1, 0.15) is 23.6 Å². The Hall–Kier alpha value is -3.65. The standard InChI is InChI=1S/C25H27N3O4S/c1-4-32-23-12-10-22(11-13-23)28(33(30,31)24-14-8-19(2)9-15-24)18-25(29)27-26-17-21-7-5-6-20(3)16-21/h5-17H,4,18H2,1-3H3,(H,27,29)/b26-17-. The van der Waals surface area contributed by atoms with Crippen molar-refractivity contribution in [2.45, 2.75) is 25.7 Å². The molecule has 0 aliphatic rings. The van der Waals surface area contributed by atoms with Gasteiger partial charge in [-0.25, -0.2) is 13.8 Å². The molecular formula is C25H27N3O4S. The molecule has 0 bridgehead atoms. The van der Waals surface area contributed by atoms with Gasteiger partial charge in [0, 0.05) is 0 Å². The molecule has 0 fully saturated rings. The van der Waals surface area contributed by atoms with Crippen molar-refractivity contribution in [2.24, 2.45) is 5.10 Å². The lowest BCUT2D eigenvalue weighted by Crippen LogP contribution is -2.39. The summed E-state index contributed by atoms with van der Waals surface area (Å²) in [5.74, 6) is 0.0459. The first-order valence-corrected chi connectivity index (χ1v) is 11.9. The summed E-state index contributed by atoms with van der Waals surface area (Å²) in [6.07, 6.45) is 1.51. The third-order valence-corrected chi connectivity index (χ3v) is 6.56. The van der Waals surface area contributed by atoms with Gasteiger partial charge < -0.3 is 4.74 Å². The summed E-state index contributed by atoms with van der Waals surface area (Å²) in [7, 11) is -3.99. The molecule has 0 unspecified atom stereocenters. The number of nitrogens with zero attached hydrogens (tertiary/aromatic N) is 2. The van der Waals surface area contributed by atoms with Gasteiger partial charge in [0.05, 0.1) is 23.4 Å². The fourth-order valence-corrected chi connectivity index (χ4v) is 4.54. The van der Waals surface area contributed by atoms with Crippen LogP contribution in [0.4, 0.5) is 5.69 Å². The van der Waals surface area contributed by atoms with E-state index in [0.717, 1.165) is 21.0 Å². The van der Waals surface area contributed by atoms with Gasteiger partial charge in [0.2, 0.25) is 0 Å². The lowest BCUT2D eigenvalue weighted by molar-refractivity contribution is -0.119. The molecule has 1 N–H and O–H groups in total. The van der Waals surface area contributed by atoms with Crippen LogP contribution < -0.4 is 14.5 Å². The van der Waals surface area contributed by atoms with Gasteiger partial charge in [-0.3, -0.25) is 9.10 Å². The topological polar surface area (TPSA) is 88.1 Å². The van der Waals surface area contributed by atoms with E-state index < -0.39 is 22.5 Å². The predicted octanol–water partition coefficient (Wildman–Crippen LogP) is 4.05. The maximum absolute atomic E-state index is 13.4. The van der Waals surface area contributed by atoms with E-state index in [9.17, 15) is 13.2 Å². The minimum Gasteiger partial charge on any atom is -0.494 e. The van der Waals surface area contributed by atoms with Crippen molar-refractivity contribution in [2.75, 3.05) is 17.5 Å². The van der Waals surface area contributed by atoms with Crippen LogP contribution >= 0.6 is 0 Å². The van der Waals surface area contributed by atoms with Crippen LogP contribution in [-0.2, 0) is 14.8 Å². The Labute approximate surface area is 194 Å². The second-order valence-corrected chi connectivity index (χ2v) is 9.32. The number of sulfonamides is 1. The summed E-state index contributed by atoms with van der Waals surface area (Å²) in [6.45, 7) is 5.76. The number of amides is 1. The molecule has 3 aromatic rings. The average Bonchev–Trinajstić information content (AvgIpc) is 2.79. The smallest absolute Gasteiger partial charge is 0.264 e. The Morgan fingerprint density at radius 1 is 1.00 bits per heavy atom. The molecule has 7 nitrogen and oxygen atoms in total. The van der Waals surface area contributed by atoms with E-state index in [1.165, 1.54) is 18.3 Å². The number of carbonyl (C=O) groups is 1. The number of aryl methyl sites for hydroxylation is 2. The van der Waals surface area contributed by atoms with Gasteiger partial charge >= 0.3 is 0 Å². The molecule has 0 spiro atoms. The van der Waals surface area contributed by atoms with Crippen molar-refractivity contribution in [1.29, 1.82) is 0 Å². The van der Waals surface area contributed by atoms with Crippen LogP contribution in [0.3, 0.4) is 0 Å². The maximum Gasteiger partial charge on any atom is 0.264 e. The summed E-state index contributed by atoms with van der Waals surface area (Å²) in [6, 6.07) is 20.7. The first-order valence-electron chi connectivity index (χ1n) is 10.5. The molecule has 172 valence electrons. The van der Waals surface area contributed by atoms with E-state index in [2.05, 4.69) is 10.5 Å². The van der Waals surface area contributed by atoms with Crippen LogP contribution in [0, 0.1) is 13.8 Å². The Balaban J connectivity index is 1.84. The van der Waals surface area contributed by atoms with Gasteiger partial charge in [0.1, 0.15) is 12.3 Å². The second kappa shape index (κ2) is 10.8. The zero-order valence-electron chi connectivity index (χ0n) is 18.9. The van der Waals surface area contributed by atoms with Gasteiger partial charge in [-0.15, -0.1) is 0 Å². The molecule has 1 amide bonds. The lowest BCUT2D eigenvalue weighted by Gasteiger charge is -2.24. The molecule has 3 aromatic carbocycles. The fourth-order valence-electron chi connectivity index (χ4n) is 3.12. The number of hydrogen-bond donors (Lipinski definition) is 1. The Kier molecular flexibility index (Phi) is 7.84. The molecule has 0 heterocycles. The summed E-state index contributed by atoms with van der Waals surface area (Å²) in [5, 5.41) is 3.97. The summed E-state index contributed by atoms with van der Waals surface area (Å²) in [5.41, 5.74) is 5.59. The predicted molar refractivity (Wildman–Crippen MR) is 130 cm³/mol. The molecule has 0 aromatic heterocycles. The number of nitrogens with one attached hydrogen (secondary N) is 1. The normalized spacial score (nSPS) is 11.4. The van der Waals surface area contributed by atoms with Crippen molar-refractivity contribution in [1.82, 2.24) is 5.43 Å². The number of carbonyl (C=O) groups excluding carboxylic acids is 1. The van der Waals surface area contributed by atoms with Crippen molar-refractivity contribution in [3.05, 3.63) is 89.5 Å². The van der Waals surface area contributed by atoms with Crippen LogP contribution in [0.15, 0.2) is 82.8 Å². The van der Waals surface area contributed by atoms with E-state index in [4.69, 9.17) is 4.74 Å². The molecule has 0 saturated carbocycles. The Morgan fingerprint density at radius 3 is 2.33 bits per heavy atom. The molecule has 0 aliphatic carbocycles. The van der Waals surface area contributed by atoms with Crippen molar-refractivity contribution < 1.29 is 17.9 Å². The number of hydrogen-bond acceptors (Lipinski definition) is 5. The van der Waals surface area contributed by atoms with Gasteiger partial charge in [-0.05, 0) is 62.7 Å². The van der Waals surface area contributed by atoms with E-state index in [0.29, 0.717) is 18.0 Å². The van der Waals surface area contributed by atoms with Crippen LogP contribution in [0.25, 0.3) is 0 Å². The van der Waals surface area contributed by atoms with Crippen LogP contribution in [0.5, 0.6) is 5.75 Å². The van der Waals surface area contributed by atoms with Gasteiger partial charge in [-0.2, -0.15) is 5.10 Å². The van der Waals surface area contributed by atoms with Crippen LogP contribution in [0.2, 0.25) is 0 Å². The number of rotatable bonds is 9. The quantitative estimate of drug-likeness (QED) is 0.381. The number of ether oxygens (including phenoxy) is 1. The summed E-state index contributed by atoms with van der Waals surface area (Å²) >= 11 is 0. The first-order chi connectivity index (χ1) is 15.8. The minimum absolute atomic E-state index is 0.0954. The first kappa shape index (κ1) is 24.0. The Morgan fingerprint density at radius 2 is 1.70 bits per heavy atom. The molecule has 0 atom stereocenters. The maximum atomic E-state index is 13.4. The highest BCUT2D eigenvalue weighted by Crippen LogP contribution is 2.26. The van der Waals surface area contributed by atoms with Crippen molar-refractivity contribution in [3.63, 3.8) is 0 Å². The molecule has 0 aliphatic heterocycles. The third-order valence-electron chi connectivity index (χ3n) is 4.78. The summed E-state index contributed by atoms with van der Waals surface area (Å²) in [4.78, 5) is 12.7. The number of benzene rings is 3. The van der Waals surface area contributed by atoms with E-state index in [1.54, 1.807) is 36.4 Å². The van der Waals surface area contributed by atoms with Gasteiger partial charge in [0.25, 0.3) is 15.9 Å². The third kappa shape index (κ3) is 6.43. The molecule has 0 saturated heterocycles. The highest BCUT2D eigenvalue weighted by atomic mass is 32.2. The molecule has 0 radical (unpaired) electrons. The van der Waals surface area contributed by atoms with Gasteiger partial charge in [0.15, 0.2) is 0 Å². The highest BCUT2D eigenvalue weighted by Gasteiger charge is 2.27. The highest BCUT2D eigenvalue weighted by molar-refractivity contribution is 7.92. The van der Waals surface area contributed by atoms with Crippen molar-refractivity contribution in [3.8, 4) is 5.75 Å². The zero-order valence-corrected chi connectivity index (χ0v) is 19.7. The average molecular weight is 466 g/mol. The number of hydrazone groups is 1. The Bertz CT molecular complexity index is 1220. The lowest BCUT2D eigenvalue weighted by atomic mass is 10.2. The second-order valence-electron chi connectivity index (χ2n) is 7.46. The van der Waals surface area contributed by atoms with Crippen LogP contribution in [-0.4, -0.2) is 33.7 Å². The van der Waals surface area contributed by atoms with Gasteiger partial charge in [-0.1, -0.05) is 47.5 Å². The summed E-state index contributed by atoms with van der Waals surface area (Å²) < 4.78 is 33.3.